The van der Waals surface area contributed by atoms with Crippen LogP contribution in [0.3, 0.4) is 0 Å². The van der Waals surface area contributed by atoms with Gasteiger partial charge in [-0.2, -0.15) is 0 Å². The Kier molecular flexibility index (Phi) is 3.50. The maximum Gasteiger partial charge on any atom is 0.0821 e. The molecule has 0 heterocycles. The summed E-state index contributed by atoms with van der Waals surface area (Å²) in [6.07, 6.45) is 3.98. The Morgan fingerprint density at radius 1 is 1.41 bits per heavy atom. The Morgan fingerprint density at radius 2 is 2.06 bits per heavy atom. The first-order valence-electron chi connectivity index (χ1n) is 5.99. The highest BCUT2D eigenvalue weighted by Gasteiger charge is 2.32. The third-order valence-electron chi connectivity index (χ3n) is 3.45. The average Bonchev–Trinajstić information content (AvgIpc) is 2.64. The average molecular weight is 255 g/mol. The summed E-state index contributed by atoms with van der Waals surface area (Å²) in [5.74, 6) is 0. The molecule has 3 nitrogen and oxygen atoms in total. The Balaban J connectivity index is 2.11. The SMILES string of the molecule is CN(CC1(O)CCCC1)c1ccc(N)cc1Cl. The zero-order valence-corrected chi connectivity index (χ0v) is 10.9. The molecule has 94 valence electrons. The van der Waals surface area contributed by atoms with Crippen LogP contribution in [0.4, 0.5) is 11.4 Å². The van der Waals surface area contributed by atoms with Crippen LogP contribution in [0.2, 0.25) is 5.02 Å². The summed E-state index contributed by atoms with van der Waals surface area (Å²) in [6, 6.07) is 5.47. The molecule has 1 aliphatic carbocycles. The molecule has 0 unspecified atom stereocenters. The van der Waals surface area contributed by atoms with Gasteiger partial charge in [0.2, 0.25) is 0 Å². The number of hydrogen-bond acceptors (Lipinski definition) is 3. The van der Waals surface area contributed by atoms with E-state index in [0.717, 1.165) is 31.4 Å². The standard InChI is InChI=1S/C13H19ClN2O/c1-16(9-13(17)6-2-3-7-13)12-5-4-10(15)8-11(12)14/h4-5,8,17H,2-3,6-7,9,15H2,1H3. The molecular weight excluding hydrogens is 236 g/mol. The van der Waals surface area contributed by atoms with E-state index in [2.05, 4.69) is 0 Å². The molecule has 0 aliphatic heterocycles. The van der Waals surface area contributed by atoms with Crippen LogP contribution in [-0.4, -0.2) is 24.3 Å². The molecule has 0 spiro atoms. The van der Waals surface area contributed by atoms with Gasteiger partial charge in [-0.1, -0.05) is 24.4 Å². The first kappa shape index (κ1) is 12.5. The van der Waals surface area contributed by atoms with Crippen molar-refractivity contribution in [2.24, 2.45) is 0 Å². The van der Waals surface area contributed by atoms with Gasteiger partial charge < -0.3 is 15.7 Å². The maximum absolute atomic E-state index is 10.4. The van der Waals surface area contributed by atoms with Gasteiger partial charge in [-0.3, -0.25) is 0 Å². The van der Waals surface area contributed by atoms with Crippen molar-refractivity contribution in [3.63, 3.8) is 0 Å². The summed E-state index contributed by atoms with van der Waals surface area (Å²) in [4.78, 5) is 2.01. The molecule has 0 aromatic heterocycles. The van der Waals surface area contributed by atoms with Crippen molar-refractivity contribution < 1.29 is 5.11 Å². The van der Waals surface area contributed by atoms with E-state index in [4.69, 9.17) is 17.3 Å². The minimum absolute atomic E-state index is 0.556. The van der Waals surface area contributed by atoms with Crippen molar-refractivity contribution >= 4 is 23.0 Å². The lowest BCUT2D eigenvalue weighted by molar-refractivity contribution is 0.0559. The van der Waals surface area contributed by atoms with E-state index in [1.807, 2.05) is 24.1 Å². The van der Waals surface area contributed by atoms with E-state index >= 15 is 0 Å². The number of likely N-dealkylation sites (N-methyl/N-ethyl adjacent to an activating group) is 1. The minimum atomic E-state index is -0.556. The summed E-state index contributed by atoms with van der Waals surface area (Å²) in [6.45, 7) is 0.622. The van der Waals surface area contributed by atoms with Crippen LogP contribution in [0.1, 0.15) is 25.7 Å². The lowest BCUT2D eigenvalue weighted by atomic mass is 10.0. The largest absolute Gasteiger partial charge is 0.399 e. The fourth-order valence-electron chi connectivity index (χ4n) is 2.55. The minimum Gasteiger partial charge on any atom is -0.399 e. The van der Waals surface area contributed by atoms with E-state index in [1.54, 1.807) is 6.07 Å². The topological polar surface area (TPSA) is 49.5 Å². The van der Waals surface area contributed by atoms with E-state index in [0.29, 0.717) is 17.3 Å². The van der Waals surface area contributed by atoms with Gasteiger partial charge in [0.15, 0.2) is 0 Å². The molecule has 0 saturated heterocycles. The van der Waals surface area contributed by atoms with Gasteiger partial charge in [0, 0.05) is 19.3 Å². The predicted molar refractivity (Wildman–Crippen MR) is 72.6 cm³/mol. The smallest absolute Gasteiger partial charge is 0.0821 e. The molecule has 1 aliphatic rings. The summed E-state index contributed by atoms with van der Waals surface area (Å²) in [5, 5.41) is 11.0. The number of rotatable bonds is 3. The van der Waals surface area contributed by atoms with Crippen LogP contribution in [0.15, 0.2) is 18.2 Å². The third kappa shape index (κ3) is 2.85. The van der Waals surface area contributed by atoms with Crippen LogP contribution in [0.25, 0.3) is 0 Å². The normalized spacial score (nSPS) is 18.3. The zero-order valence-electron chi connectivity index (χ0n) is 10.1. The molecule has 2 rings (SSSR count). The van der Waals surface area contributed by atoms with Gasteiger partial charge in [0.05, 0.1) is 16.3 Å². The molecule has 1 saturated carbocycles. The summed E-state index contributed by atoms with van der Waals surface area (Å²) in [7, 11) is 1.95. The van der Waals surface area contributed by atoms with Gasteiger partial charge >= 0.3 is 0 Å². The fourth-order valence-corrected chi connectivity index (χ4v) is 2.88. The van der Waals surface area contributed by atoms with E-state index in [1.165, 1.54) is 0 Å². The van der Waals surface area contributed by atoms with Gasteiger partial charge in [0.25, 0.3) is 0 Å². The zero-order chi connectivity index (χ0) is 12.5. The highest BCUT2D eigenvalue weighted by atomic mass is 35.5. The molecule has 0 amide bonds. The first-order valence-corrected chi connectivity index (χ1v) is 6.36. The molecule has 3 N–H and O–H groups in total. The van der Waals surface area contributed by atoms with Crippen LogP contribution >= 0.6 is 11.6 Å². The van der Waals surface area contributed by atoms with E-state index < -0.39 is 5.60 Å². The van der Waals surface area contributed by atoms with Crippen molar-refractivity contribution in [2.45, 2.75) is 31.3 Å². The fraction of sp³-hybridized carbons (Fsp3) is 0.538. The second-order valence-electron chi connectivity index (χ2n) is 5.00. The predicted octanol–water partition coefficient (Wildman–Crippen LogP) is 2.66. The Morgan fingerprint density at radius 3 is 2.65 bits per heavy atom. The number of aliphatic hydroxyl groups is 1. The molecule has 0 radical (unpaired) electrons. The summed E-state index contributed by atoms with van der Waals surface area (Å²) in [5.41, 5.74) is 6.69. The number of hydrogen-bond donors (Lipinski definition) is 2. The van der Waals surface area contributed by atoms with Crippen LogP contribution in [0, 0.1) is 0 Å². The number of anilines is 2. The van der Waals surface area contributed by atoms with Crippen LogP contribution in [0.5, 0.6) is 0 Å². The van der Waals surface area contributed by atoms with Crippen molar-refractivity contribution in [2.75, 3.05) is 24.2 Å². The summed E-state index contributed by atoms with van der Waals surface area (Å²) >= 11 is 6.15. The Labute approximate surface area is 107 Å². The monoisotopic (exact) mass is 254 g/mol. The molecule has 17 heavy (non-hydrogen) atoms. The number of benzene rings is 1. The van der Waals surface area contributed by atoms with Crippen molar-refractivity contribution in [3.8, 4) is 0 Å². The molecule has 1 fully saturated rings. The van der Waals surface area contributed by atoms with E-state index in [9.17, 15) is 5.11 Å². The van der Waals surface area contributed by atoms with Crippen LogP contribution in [-0.2, 0) is 0 Å². The van der Waals surface area contributed by atoms with Crippen molar-refractivity contribution in [3.05, 3.63) is 23.2 Å². The van der Waals surface area contributed by atoms with Gasteiger partial charge in [-0.05, 0) is 31.0 Å². The second kappa shape index (κ2) is 4.75. The molecule has 1 aromatic rings. The lowest BCUT2D eigenvalue weighted by Crippen LogP contribution is -2.39. The van der Waals surface area contributed by atoms with Crippen LogP contribution < -0.4 is 10.6 Å². The molecular formula is C13H19ClN2O. The Bertz CT molecular complexity index is 402. The van der Waals surface area contributed by atoms with Crippen molar-refractivity contribution in [1.29, 1.82) is 0 Å². The maximum atomic E-state index is 10.4. The van der Waals surface area contributed by atoms with E-state index in [-0.39, 0.29) is 0 Å². The quantitative estimate of drug-likeness (QED) is 0.816. The third-order valence-corrected chi connectivity index (χ3v) is 3.75. The van der Waals surface area contributed by atoms with Gasteiger partial charge in [-0.25, -0.2) is 0 Å². The molecule has 0 bridgehead atoms. The highest BCUT2D eigenvalue weighted by molar-refractivity contribution is 6.33. The number of nitrogens with zero attached hydrogens (tertiary/aromatic N) is 1. The van der Waals surface area contributed by atoms with Crippen molar-refractivity contribution in [1.82, 2.24) is 0 Å². The molecule has 4 heteroatoms. The number of nitrogen functional groups attached to an aromatic ring is 1. The lowest BCUT2D eigenvalue weighted by Gasteiger charge is -2.30. The highest BCUT2D eigenvalue weighted by Crippen LogP contribution is 2.33. The summed E-state index contributed by atoms with van der Waals surface area (Å²) < 4.78 is 0. The van der Waals surface area contributed by atoms with Gasteiger partial charge in [0.1, 0.15) is 0 Å². The molecule has 0 atom stereocenters. The number of halogens is 1. The van der Waals surface area contributed by atoms with Gasteiger partial charge in [-0.15, -0.1) is 0 Å². The second-order valence-corrected chi connectivity index (χ2v) is 5.41. The molecule has 1 aromatic carbocycles. The number of nitrogens with two attached hydrogens (primary N) is 1. The first-order chi connectivity index (χ1) is 8.00. The Hall–Kier alpha value is -0.930.